The molecule has 0 unspecified atom stereocenters. The van der Waals surface area contributed by atoms with Crippen LogP contribution in [0.4, 0.5) is 5.69 Å². The van der Waals surface area contributed by atoms with Crippen molar-refractivity contribution in [3.05, 3.63) is 54.0 Å². The van der Waals surface area contributed by atoms with Gasteiger partial charge in [-0.3, -0.25) is 0 Å². The van der Waals surface area contributed by atoms with E-state index in [9.17, 15) is 0 Å². The number of aryl methyl sites for hydroxylation is 1. The minimum atomic E-state index is -0.205. The van der Waals surface area contributed by atoms with E-state index >= 15 is 0 Å². The molecule has 0 aliphatic carbocycles. The van der Waals surface area contributed by atoms with Gasteiger partial charge in [0.15, 0.2) is 5.65 Å². The van der Waals surface area contributed by atoms with E-state index in [0.29, 0.717) is 0 Å². The molecule has 0 fully saturated rings. The number of nitrogens with two attached hydrogens (primary N) is 1. The average Bonchev–Trinajstić information content (AvgIpc) is 2.78. The molecule has 3 aromatic rings. The molecule has 4 nitrogen and oxygen atoms in total. The molecule has 3 rings (SSSR count). The Bertz CT molecular complexity index is 754. The molecule has 4 heteroatoms. The first-order valence-electron chi connectivity index (χ1n) is 6.64. The summed E-state index contributed by atoms with van der Waals surface area (Å²) >= 11 is 0. The van der Waals surface area contributed by atoms with Crippen molar-refractivity contribution in [3.8, 4) is 0 Å². The van der Waals surface area contributed by atoms with Gasteiger partial charge < -0.3 is 10.3 Å². The number of imidazole rings is 1. The molecule has 0 amide bonds. The SMILES string of the molecule is Cn1c(C(C)(C)c2ccc(N)cc2)nc2ncccc21. The Morgan fingerprint density at radius 2 is 1.80 bits per heavy atom. The normalized spacial score (nSPS) is 11.9. The fraction of sp³-hybridized carbons (Fsp3) is 0.250. The molecule has 0 atom stereocenters. The van der Waals surface area contributed by atoms with Crippen molar-refractivity contribution in [2.75, 3.05) is 5.73 Å². The van der Waals surface area contributed by atoms with E-state index in [1.54, 1.807) is 6.20 Å². The molecule has 20 heavy (non-hydrogen) atoms. The predicted octanol–water partition coefficient (Wildman–Crippen LogP) is 2.88. The van der Waals surface area contributed by atoms with E-state index in [4.69, 9.17) is 10.7 Å². The molecule has 0 radical (unpaired) electrons. The smallest absolute Gasteiger partial charge is 0.177 e. The van der Waals surface area contributed by atoms with Crippen LogP contribution in [-0.4, -0.2) is 14.5 Å². The quantitative estimate of drug-likeness (QED) is 0.726. The fourth-order valence-electron chi connectivity index (χ4n) is 2.61. The van der Waals surface area contributed by atoms with Crippen molar-refractivity contribution in [2.45, 2.75) is 19.3 Å². The van der Waals surface area contributed by atoms with Crippen molar-refractivity contribution >= 4 is 16.9 Å². The molecule has 0 spiro atoms. The molecule has 0 bridgehead atoms. The number of aromatic nitrogens is 3. The summed E-state index contributed by atoms with van der Waals surface area (Å²) in [7, 11) is 2.03. The van der Waals surface area contributed by atoms with Crippen molar-refractivity contribution in [2.24, 2.45) is 7.05 Å². The van der Waals surface area contributed by atoms with Crippen molar-refractivity contribution < 1.29 is 0 Å². The van der Waals surface area contributed by atoms with Crippen LogP contribution in [0.5, 0.6) is 0 Å². The summed E-state index contributed by atoms with van der Waals surface area (Å²) < 4.78 is 2.11. The number of hydrogen-bond acceptors (Lipinski definition) is 3. The molecule has 0 aliphatic rings. The van der Waals surface area contributed by atoms with Gasteiger partial charge in [-0.15, -0.1) is 0 Å². The van der Waals surface area contributed by atoms with Gasteiger partial charge in [0.1, 0.15) is 5.82 Å². The van der Waals surface area contributed by atoms with Crippen molar-refractivity contribution in [1.29, 1.82) is 0 Å². The summed E-state index contributed by atoms with van der Waals surface area (Å²) in [5, 5.41) is 0. The fourth-order valence-corrected chi connectivity index (χ4v) is 2.61. The van der Waals surface area contributed by atoms with Gasteiger partial charge in [-0.25, -0.2) is 9.97 Å². The Balaban J connectivity index is 2.18. The van der Waals surface area contributed by atoms with E-state index in [-0.39, 0.29) is 5.41 Å². The van der Waals surface area contributed by atoms with Gasteiger partial charge in [0.2, 0.25) is 0 Å². The van der Waals surface area contributed by atoms with Gasteiger partial charge in [-0.1, -0.05) is 12.1 Å². The maximum Gasteiger partial charge on any atom is 0.177 e. The van der Waals surface area contributed by atoms with Crippen LogP contribution in [0.2, 0.25) is 0 Å². The van der Waals surface area contributed by atoms with Crippen molar-refractivity contribution in [3.63, 3.8) is 0 Å². The number of hydrogen-bond donors (Lipinski definition) is 1. The highest BCUT2D eigenvalue weighted by Crippen LogP contribution is 2.32. The topological polar surface area (TPSA) is 56.7 Å². The third-order valence-electron chi connectivity index (χ3n) is 3.85. The number of anilines is 1. The zero-order valence-corrected chi connectivity index (χ0v) is 12.0. The molecule has 2 N–H and O–H groups in total. The lowest BCUT2D eigenvalue weighted by Gasteiger charge is -2.25. The second kappa shape index (κ2) is 4.34. The zero-order chi connectivity index (χ0) is 14.3. The van der Waals surface area contributed by atoms with E-state index in [1.807, 2.05) is 31.3 Å². The summed E-state index contributed by atoms with van der Waals surface area (Å²) in [6.45, 7) is 4.33. The molecule has 102 valence electrons. The molecule has 1 aromatic carbocycles. The lowest BCUT2D eigenvalue weighted by molar-refractivity contribution is 0.567. The Labute approximate surface area is 118 Å². The predicted molar refractivity (Wildman–Crippen MR) is 81.5 cm³/mol. The van der Waals surface area contributed by atoms with Gasteiger partial charge in [0, 0.05) is 24.3 Å². The van der Waals surface area contributed by atoms with Gasteiger partial charge in [-0.05, 0) is 43.7 Å². The van der Waals surface area contributed by atoms with Crippen molar-refractivity contribution in [1.82, 2.24) is 14.5 Å². The number of nitrogen functional groups attached to an aromatic ring is 1. The highest BCUT2D eigenvalue weighted by molar-refractivity contribution is 5.71. The Morgan fingerprint density at radius 3 is 2.45 bits per heavy atom. The number of pyridine rings is 1. The number of rotatable bonds is 2. The minimum Gasteiger partial charge on any atom is -0.399 e. The summed E-state index contributed by atoms with van der Waals surface area (Å²) in [5.41, 5.74) is 9.36. The maximum absolute atomic E-state index is 5.77. The largest absolute Gasteiger partial charge is 0.399 e. The van der Waals surface area contributed by atoms with Gasteiger partial charge >= 0.3 is 0 Å². The lowest BCUT2D eigenvalue weighted by Crippen LogP contribution is -2.23. The molecule has 0 aliphatic heterocycles. The summed E-state index contributed by atoms with van der Waals surface area (Å²) in [5.74, 6) is 0.996. The first-order chi connectivity index (χ1) is 9.50. The molecular weight excluding hydrogens is 248 g/mol. The van der Waals surface area contributed by atoms with Crippen LogP contribution in [0.3, 0.4) is 0 Å². The van der Waals surface area contributed by atoms with E-state index < -0.39 is 0 Å². The Hall–Kier alpha value is -2.36. The second-order valence-corrected chi connectivity index (χ2v) is 5.59. The Kier molecular flexibility index (Phi) is 2.74. The number of nitrogens with zero attached hydrogens (tertiary/aromatic N) is 3. The highest BCUT2D eigenvalue weighted by atomic mass is 15.1. The molecule has 0 saturated carbocycles. The summed E-state index contributed by atoms with van der Waals surface area (Å²) in [6.07, 6.45) is 1.77. The minimum absolute atomic E-state index is 0.205. The van der Waals surface area contributed by atoms with Gasteiger partial charge in [0.05, 0.1) is 5.52 Å². The third kappa shape index (κ3) is 1.84. The van der Waals surface area contributed by atoms with Crippen LogP contribution in [0.1, 0.15) is 25.2 Å². The summed E-state index contributed by atoms with van der Waals surface area (Å²) in [6, 6.07) is 11.9. The van der Waals surface area contributed by atoms with Gasteiger partial charge in [-0.2, -0.15) is 0 Å². The van der Waals surface area contributed by atoms with Crippen LogP contribution in [0.15, 0.2) is 42.6 Å². The number of fused-ring (bicyclic) bond motifs is 1. The van der Waals surface area contributed by atoms with E-state index in [1.165, 1.54) is 5.56 Å². The first-order valence-corrected chi connectivity index (χ1v) is 6.64. The van der Waals surface area contributed by atoms with E-state index in [0.717, 1.165) is 22.7 Å². The highest BCUT2D eigenvalue weighted by Gasteiger charge is 2.28. The van der Waals surface area contributed by atoms with E-state index in [2.05, 4.69) is 35.5 Å². The Morgan fingerprint density at radius 1 is 1.10 bits per heavy atom. The summed E-state index contributed by atoms with van der Waals surface area (Å²) in [4.78, 5) is 9.04. The molecular formula is C16H18N4. The van der Waals surface area contributed by atoms with Crippen LogP contribution < -0.4 is 5.73 Å². The standard InChI is InChI=1S/C16H18N4/c1-16(2,11-6-8-12(17)9-7-11)15-19-14-13(20(15)3)5-4-10-18-14/h4-10H,17H2,1-3H3. The molecule has 0 saturated heterocycles. The van der Waals surface area contributed by atoms with Crippen LogP contribution >= 0.6 is 0 Å². The number of benzene rings is 1. The van der Waals surface area contributed by atoms with Crippen LogP contribution in [-0.2, 0) is 12.5 Å². The maximum atomic E-state index is 5.77. The monoisotopic (exact) mass is 266 g/mol. The zero-order valence-electron chi connectivity index (χ0n) is 12.0. The first kappa shape index (κ1) is 12.7. The van der Waals surface area contributed by atoms with Gasteiger partial charge in [0.25, 0.3) is 0 Å². The second-order valence-electron chi connectivity index (χ2n) is 5.59. The van der Waals surface area contributed by atoms with Crippen LogP contribution in [0, 0.1) is 0 Å². The van der Waals surface area contributed by atoms with Crippen LogP contribution in [0.25, 0.3) is 11.2 Å². The average molecular weight is 266 g/mol. The third-order valence-corrected chi connectivity index (χ3v) is 3.85. The molecule has 2 heterocycles. The lowest BCUT2D eigenvalue weighted by atomic mass is 9.83. The molecule has 2 aromatic heterocycles.